The normalized spacial score (nSPS) is 24.7. The van der Waals surface area contributed by atoms with Crippen molar-refractivity contribution in [3.63, 3.8) is 0 Å². The van der Waals surface area contributed by atoms with E-state index in [0.717, 1.165) is 19.0 Å². The van der Waals surface area contributed by atoms with Crippen LogP contribution in [0.5, 0.6) is 5.75 Å². The number of hydrogen-bond donors (Lipinski definition) is 2. The molecule has 2 fully saturated rings. The molecule has 1 aliphatic carbocycles. The Morgan fingerprint density at radius 3 is 2.38 bits per heavy atom. The molecule has 2 aliphatic rings. The maximum Gasteiger partial charge on any atom is 0.165 e. The first-order valence-electron chi connectivity index (χ1n) is 9.51. The fourth-order valence-corrected chi connectivity index (χ4v) is 4.87. The van der Waals surface area contributed by atoms with Gasteiger partial charge in [-0.1, -0.05) is 36.4 Å². The van der Waals surface area contributed by atoms with E-state index in [0.29, 0.717) is 23.9 Å². The van der Waals surface area contributed by atoms with Crippen molar-refractivity contribution in [2.75, 3.05) is 19.6 Å². The minimum Gasteiger partial charge on any atom is -0.505 e. The molecule has 1 aliphatic heterocycles. The lowest BCUT2D eigenvalue weighted by Gasteiger charge is -2.22. The van der Waals surface area contributed by atoms with Crippen LogP contribution in [-0.2, 0) is 6.42 Å². The zero-order valence-electron chi connectivity index (χ0n) is 14.9. The van der Waals surface area contributed by atoms with Crippen molar-refractivity contribution in [1.82, 2.24) is 4.90 Å². The molecular formula is C22H26FNO2. The third kappa shape index (κ3) is 3.76. The van der Waals surface area contributed by atoms with E-state index in [9.17, 15) is 14.6 Å². The summed E-state index contributed by atoms with van der Waals surface area (Å²) in [6.45, 7) is 2.57. The molecule has 0 spiro atoms. The van der Waals surface area contributed by atoms with Crippen LogP contribution in [0.1, 0.15) is 30.1 Å². The van der Waals surface area contributed by atoms with E-state index >= 15 is 0 Å². The third-order valence-electron chi connectivity index (χ3n) is 6.08. The van der Waals surface area contributed by atoms with Crippen molar-refractivity contribution in [1.29, 1.82) is 0 Å². The molecule has 1 heterocycles. The Balaban J connectivity index is 1.29. The molecule has 0 aromatic heterocycles. The SMILES string of the molecule is Oc1ccc(C(O)CN2C[C@H]3CC(Cc4ccccc4)C[C@@H]3C2)cc1F. The van der Waals surface area contributed by atoms with Gasteiger partial charge in [0, 0.05) is 19.6 Å². The zero-order valence-corrected chi connectivity index (χ0v) is 14.9. The second-order valence-electron chi connectivity index (χ2n) is 7.99. The average molecular weight is 355 g/mol. The van der Waals surface area contributed by atoms with E-state index in [2.05, 4.69) is 35.2 Å². The first kappa shape index (κ1) is 17.5. The van der Waals surface area contributed by atoms with Gasteiger partial charge >= 0.3 is 0 Å². The molecule has 1 saturated carbocycles. The van der Waals surface area contributed by atoms with E-state index in [1.54, 1.807) is 6.07 Å². The Kier molecular flexibility index (Phi) is 4.96. The number of β-amino-alcohol motifs (C(OH)–C–C–N with tert-alkyl or cyclic N) is 1. The number of nitrogens with zero attached hydrogens (tertiary/aromatic N) is 1. The fourth-order valence-electron chi connectivity index (χ4n) is 4.87. The van der Waals surface area contributed by atoms with Crippen molar-refractivity contribution in [3.8, 4) is 5.75 Å². The van der Waals surface area contributed by atoms with Gasteiger partial charge < -0.3 is 10.2 Å². The summed E-state index contributed by atoms with van der Waals surface area (Å²) < 4.78 is 13.5. The molecule has 1 saturated heterocycles. The molecule has 3 nitrogen and oxygen atoms in total. The molecular weight excluding hydrogens is 329 g/mol. The third-order valence-corrected chi connectivity index (χ3v) is 6.08. The fraction of sp³-hybridized carbons (Fsp3) is 0.455. The first-order chi connectivity index (χ1) is 12.6. The Bertz CT molecular complexity index is 737. The van der Waals surface area contributed by atoms with Crippen molar-refractivity contribution in [2.45, 2.75) is 25.4 Å². The monoisotopic (exact) mass is 355 g/mol. The predicted molar refractivity (Wildman–Crippen MR) is 99.3 cm³/mol. The standard InChI is InChI=1S/C22H26FNO2/c23-20-11-17(6-7-21(20)25)22(26)14-24-12-18-9-16(10-19(18)13-24)8-15-4-2-1-3-5-15/h1-7,11,16,18-19,22,25-26H,8-10,12-14H2/t18-,19-,22?/m1/s1. The summed E-state index contributed by atoms with van der Waals surface area (Å²) in [5.74, 6) is 1.15. The number of benzene rings is 2. The van der Waals surface area contributed by atoms with Crippen LogP contribution >= 0.6 is 0 Å². The second-order valence-corrected chi connectivity index (χ2v) is 7.99. The summed E-state index contributed by atoms with van der Waals surface area (Å²) in [6.07, 6.45) is 2.98. The number of phenols is 1. The van der Waals surface area contributed by atoms with Gasteiger partial charge in [-0.3, -0.25) is 4.90 Å². The van der Waals surface area contributed by atoms with Crippen molar-refractivity contribution in [2.24, 2.45) is 17.8 Å². The lowest BCUT2D eigenvalue weighted by atomic mass is 9.96. The number of halogens is 1. The number of aliphatic hydroxyl groups excluding tert-OH is 1. The highest BCUT2D eigenvalue weighted by Gasteiger charge is 2.40. The number of phenolic OH excluding ortho intramolecular Hbond substituents is 1. The number of hydrogen-bond acceptors (Lipinski definition) is 3. The van der Waals surface area contributed by atoms with E-state index in [4.69, 9.17) is 0 Å². The Hall–Kier alpha value is -1.91. The van der Waals surface area contributed by atoms with Crippen LogP contribution in [0.15, 0.2) is 48.5 Å². The van der Waals surface area contributed by atoms with Gasteiger partial charge in [-0.2, -0.15) is 0 Å². The van der Waals surface area contributed by atoms with Crippen LogP contribution in [0.25, 0.3) is 0 Å². The number of fused-ring (bicyclic) bond motifs is 1. The Morgan fingerprint density at radius 2 is 1.73 bits per heavy atom. The topological polar surface area (TPSA) is 43.7 Å². The summed E-state index contributed by atoms with van der Waals surface area (Å²) in [5.41, 5.74) is 1.96. The summed E-state index contributed by atoms with van der Waals surface area (Å²) in [6, 6.07) is 14.8. The summed E-state index contributed by atoms with van der Waals surface area (Å²) in [5, 5.41) is 19.7. The summed E-state index contributed by atoms with van der Waals surface area (Å²) in [7, 11) is 0. The number of aliphatic hydroxyl groups is 1. The summed E-state index contributed by atoms with van der Waals surface area (Å²) >= 11 is 0. The zero-order chi connectivity index (χ0) is 18.1. The van der Waals surface area contributed by atoms with Gasteiger partial charge in [0.2, 0.25) is 0 Å². The lowest BCUT2D eigenvalue weighted by molar-refractivity contribution is 0.120. The van der Waals surface area contributed by atoms with E-state index < -0.39 is 11.9 Å². The molecule has 2 N–H and O–H groups in total. The van der Waals surface area contributed by atoms with E-state index in [1.165, 1.54) is 37.0 Å². The summed E-state index contributed by atoms with van der Waals surface area (Å²) in [4.78, 5) is 2.31. The van der Waals surface area contributed by atoms with Crippen LogP contribution < -0.4 is 0 Å². The molecule has 138 valence electrons. The lowest BCUT2D eigenvalue weighted by Crippen LogP contribution is -2.28. The average Bonchev–Trinajstić information content (AvgIpc) is 3.16. The molecule has 4 rings (SSSR count). The van der Waals surface area contributed by atoms with Crippen molar-refractivity contribution < 1.29 is 14.6 Å². The molecule has 0 bridgehead atoms. The highest BCUT2D eigenvalue weighted by molar-refractivity contribution is 5.29. The van der Waals surface area contributed by atoms with Gasteiger partial charge in [-0.25, -0.2) is 4.39 Å². The second kappa shape index (κ2) is 7.37. The first-order valence-corrected chi connectivity index (χ1v) is 9.51. The molecule has 4 heteroatoms. The number of aromatic hydroxyl groups is 1. The van der Waals surface area contributed by atoms with Gasteiger partial charge in [0.1, 0.15) is 0 Å². The highest BCUT2D eigenvalue weighted by atomic mass is 19.1. The van der Waals surface area contributed by atoms with Gasteiger partial charge in [-0.05, 0) is 60.3 Å². The number of likely N-dealkylation sites (tertiary alicyclic amines) is 1. The van der Waals surface area contributed by atoms with E-state index in [-0.39, 0.29) is 5.75 Å². The van der Waals surface area contributed by atoms with E-state index in [1.807, 2.05) is 0 Å². The molecule has 1 unspecified atom stereocenters. The highest BCUT2D eigenvalue weighted by Crippen LogP contribution is 2.43. The van der Waals surface area contributed by atoms with Gasteiger partial charge in [0.15, 0.2) is 11.6 Å². The minimum absolute atomic E-state index is 0.374. The van der Waals surface area contributed by atoms with Gasteiger partial charge in [0.25, 0.3) is 0 Å². The minimum atomic E-state index is -0.718. The molecule has 2 aromatic carbocycles. The number of rotatable bonds is 5. The van der Waals surface area contributed by atoms with Crippen LogP contribution in [0, 0.1) is 23.6 Å². The molecule has 0 amide bonds. The smallest absolute Gasteiger partial charge is 0.165 e. The van der Waals surface area contributed by atoms with Gasteiger partial charge in [0.05, 0.1) is 6.10 Å². The maximum atomic E-state index is 13.5. The quantitative estimate of drug-likeness (QED) is 0.858. The molecule has 3 atom stereocenters. The van der Waals surface area contributed by atoms with Crippen LogP contribution in [0.2, 0.25) is 0 Å². The van der Waals surface area contributed by atoms with Crippen LogP contribution in [0.3, 0.4) is 0 Å². The van der Waals surface area contributed by atoms with Crippen molar-refractivity contribution >= 4 is 0 Å². The van der Waals surface area contributed by atoms with Crippen LogP contribution in [-0.4, -0.2) is 34.7 Å². The molecule has 2 aromatic rings. The predicted octanol–water partition coefficient (Wildman–Crippen LogP) is 3.77. The largest absolute Gasteiger partial charge is 0.505 e. The Morgan fingerprint density at radius 1 is 1.04 bits per heavy atom. The Labute approximate surface area is 154 Å². The maximum absolute atomic E-state index is 13.5. The molecule has 26 heavy (non-hydrogen) atoms. The molecule has 0 radical (unpaired) electrons. The van der Waals surface area contributed by atoms with Gasteiger partial charge in [-0.15, -0.1) is 0 Å². The van der Waals surface area contributed by atoms with Crippen molar-refractivity contribution in [3.05, 3.63) is 65.5 Å². The van der Waals surface area contributed by atoms with Crippen LogP contribution in [0.4, 0.5) is 4.39 Å².